The molecule has 3 heteroatoms. The second-order valence-electron chi connectivity index (χ2n) is 4.09. The summed E-state index contributed by atoms with van der Waals surface area (Å²) in [6.07, 6.45) is 5.92. The second kappa shape index (κ2) is 3.56. The molecule has 0 unspecified atom stereocenters. The first-order valence-corrected chi connectivity index (χ1v) is 5.25. The van der Waals surface area contributed by atoms with Crippen molar-refractivity contribution in [1.29, 1.82) is 0 Å². The van der Waals surface area contributed by atoms with Crippen LogP contribution in [0.2, 0.25) is 0 Å². The fourth-order valence-corrected chi connectivity index (χ4v) is 2.35. The van der Waals surface area contributed by atoms with Gasteiger partial charge in [0.25, 0.3) is 0 Å². The molecule has 0 amide bonds. The van der Waals surface area contributed by atoms with Gasteiger partial charge in [-0.1, -0.05) is 12.8 Å². The summed E-state index contributed by atoms with van der Waals surface area (Å²) in [5.41, 5.74) is 2.67. The first kappa shape index (κ1) is 9.44. The Labute approximate surface area is 84.1 Å². The van der Waals surface area contributed by atoms with Crippen LogP contribution in [0.15, 0.2) is 0 Å². The summed E-state index contributed by atoms with van der Waals surface area (Å²) < 4.78 is 2.05. The monoisotopic (exact) mass is 192 g/mol. The molecule has 1 saturated carbocycles. The summed E-state index contributed by atoms with van der Waals surface area (Å²) in [6.45, 7) is 3.89. The molecule has 1 aromatic rings. The Morgan fingerprint density at radius 3 is 2.50 bits per heavy atom. The van der Waals surface area contributed by atoms with Gasteiger partial charge in [-0.3, -0.25) is 9.48 Å². The lowest BCUT2D eigenvalue weighted by molar-refractivity contribution is 0.112. The third kappa shape index (κ3) is 1.37. The van der Waals surface area contributed by atoms with E-state index in [1.165, 1.54) is 25.7 Å². The molecule has 0 aromatic carbocycles. The van der Waals surface area contributed by atoms with E-state index in [0.29, 0.717) is 6.04 Å². The lowest BCUT2D eigenvalue weighted by atomic mass is 10.2. The number of nitrogens with zero attached hydrogens (tertiary/aromatic N) is 2. The van der Waals surface area contributed by atoms with E-state index in [1.54, 1.807) is 0 Å². The zero-order chi connectivity index (χ0) is 10.1. The van der Waals surface area contributed by atoms with Crippen molar-refractivity contribution in [3.63, 3.8) is 0 Å². The molecule has 1 heterocycles. The van der Waals surface area contributed by atoms with Crippen LogP contribution in [0.1, 0.15) is 53.5 Å². The van der Waals surface area contributed by atoms with Crippen LogP contribution < -0.4 is 0 Å². The Morgan fingerprint density at radius 2 is 2.00 bits per heavy atom. The maximum Gasteiger partial charge on any atom is 0.153 e. The third-order valence-corrected chi connectivity index (χ3v) is 3.17. The highest BCUT2D eigenvalue weighted by Gasteiger charge is 2.21. The number of carbonyl (C=O) groups excluding carboxylic acids is 1. The van der Waals surface area contributed by atoms with Gasteiger partial charge >= 0.3 is 0 Å². The fraction of sp³-hybridized carbons (Fsp3) is 0.636. The summed E-state index contributed by atoms with van der Waals surface area (Å²) in [4.78, 5) is 10.8. The number of hydrogen-bond donors (Lipinski definition) is 0. The molecule has 0 bridgehead atoms. The molecule has 0 radical (unpaired) electrons. The molecular formula is C11H16N2O. The summed E-state index contributed by atoms with van der Waals surface area (Å²) >= 11 is 0. The van der Waals surface area contributed by atoms with Crippen molar-refractivity contribution >= 4 is 6.29 Å². The molecule has 76 valence electrons. The van der Waals surface area contributed by atoms with Crippen LogP contribution in [0, 0.1) is 13.8 Å². The van der Waals surface area contributed by atoms with Crippen LogP contribution in [0.4, 0.5) is 0 Å². The van der Waals surface area contributed by atoms with Crippen LogP contribution in [0.3, 0.4) is 0 Å². The molecule has 0 atom stereocenters. The molecule has 0 spiro atoms. The Kier molecular flexibility index (Phi) is 2.40. The number of aldehydes is 1. The lowest BCUT2D eigenvalue weighted by Crippen LogP contribution is -2.08. The molecule has 0 aliphatic heterocycles. The molecular weight excluding hydrogens is 176 g/mol. The van der Waals surface area contributed by atoms with E-state index in [2.05, 4.69) is 5.10 Å². The van der Waals surface area contributed by atoms with Gasteiger partial charge in [0.05, 0.1) is 17.3 Å². The first-order chi connectivity index (χ1) is 6.74. The molecule has 3 nitrogen and oxygen atoms in total. The molecule has 1 fully saturated rings. The van der Waals surface area contributed by atoms with E-state index in [4.69, 9.17) is 0 Å². The second-order valence-corrected chi connectivity index (χ2v) is 4.09. The number of aromatic nitrogens is 2. The average Bonchev–Trinajstić information content (AvgIpc) is 2.74. The minimum absolute atomic E-state index is 0.530. The van der Waals surface area contributed by atoms with E-state index < -0.39 is 0 Å². The van der Waals surface area contributed by atoms with Gasteiger partial charge in [0.1, 0.15) is 0 Å². The number of aryl methyl sites for hydroxylation is 1. The van der Waals surface area contributed by atoms with Crippen LogP contribution in [0.25, 0.3) is 0 Å². The van der Waals surface area contributed by atoms with Crippen molar-refractivity contribution in [2.24, 2.45) is 0 Å². The van der Waals surface area contributed by atoms with Gasteiger partial charge < -0.3 is 0 Å². The van der Waals surface area contributed by atoms with E-state index in [1.807, 2.05) is 18.5 Å². The topological polar surface area (TPSA) is 34.9 Å². The average molecular weight is 192 g/mol. The number of carbonyl (C=O) groups is 1. The quantitative estimate of drug-likeness (QED) is 0.674. The summed E-state index contributed by atoms with van der Waals surface area (Å²) in [7, 11) is 0. The van der Waals surface area contributed by atoms with Gasteiger partial charge in [-0.05, 0) is 26.7 Å². The zero-order valence-electron chi connectivity index (χ0n) is 8.79. The predicted octanol–water partition coefficient (Wildman–Crippen LogP) is 2.43. The third-order valence-electron chi connectivity index (χ3n) is 3.17. The van der Waals surface area contributed by atoms with Crippen LogP contribution in [-0.2, 0) is 0 Å². The van der Waals surface area contributed by atoms with Crippen molar-refractivity contribution in [3.8, 4) is 0 Å². The minimum Gasteiger partial charge on any atom is -0.298 e. The summed E-state index contributed by atoms with van der Waals surface area (Å²) in [6, 6.07) is 0.530. The fourth-order valence-electron chi connectivity index (χ4n) is 2.35. The van der Waals surface area contributed by atoms with Crippen LogP contribution in [0.5, 0.6) is 0 Å². The maximum absolute atomic E-state index is 10.8. The van der Waals surface area contributed by atoms with Crippen molar-refractivity contribution in [3.05, 3.63) is 17.0 Å². The van der Waals surface area contributed by atoms with Crippen LogP contribution in [-0.4, -0.2) is 16.1 Å². The van der Waals surface area contributed by atoms with Gasteiger partial charge in [-0.15, -0.1) is 0 Å². The van der Waals surface area contributed by atoms with Crippen LogP contribution >= 0.6 is 0 Å². The van der Waals surface area contributed by atoms with Crippen molar-refractivity contribution in [2.45, 2.75) is 45.6 Å². The Balaban J connectivity index is 2.38. The Bertz CT molecular complexity index is 348. The number of hydrogen-bond acceptors (Lipinski definition) is 2. The highest BCUT2D eigenvalue weighted by Crippen LogP contribution is 2.30. The van der Waals surface area contributed by atoms with Gasteiger partial charge in [0.2, 0.25) is 0 Å². The minimum atomic E-state index is 0.530. The van der Waals surface area contributed by atoms with Gasteiger partial charge in [0.15, 0.2) is 6.29 Å². The van der Waals surface area contributed by atoms with E-state index >= 15 is 0 Å². The Hall–Kier alpha value is -1.12. The van der Waals surface area contributed by atoms with Gasteiger partial charge in [0, 0.05) is 5.69 Å². The maximum atomic E-state index is 10.8. The standard InChI is InChI=1S/C11H16N2O/c1-8-11(7-14)9(2)13(12-8)10-5-3-4-6-10/h7,10H,3-6H2,1-2H3. The molecule has 1 aliphatic rings. The van der Waals surface area contributed by atoms with E-state index in [0.717, 1.165) is 23.2 Å². The molecule has 1 aromatic heterocycles. The van der Waals surface area contributed by atoms with Crippen molar-refractivity contribution in [1.82, 2.24) is 9.78 Å². The SMILES string of the molecule is Cc1nn(C2CCCC2)c(C)c1C=O. The summed E-state index contributed by atoms with van der Waals surface area (Å²) in [5, 5.41) is 4.45. The van der Waals surface area contributed by atoms with Crippen molar-refractivity contribution < 1.29 is 4.79 Å². The van der Waals surface area contributed by atoms with E-state index in [-0.39, 0.29) is 0 Å². The highest BCUT2D eigenvalue weighted by atomic mass is 16.1. The molecule has 1 aliphatic carbocycles. The summed E-state index contributed by atoms with van der Waals surface area (Å²) in [5.74, 6) is 0. The highest BCUT2D eigenvalue weighted by molar-refractivity contribution is 5.78. The van der Waals surface area contributed by atoms with Crippen molar-refractivity contribution in [2.75, 3.05) is 0 Å². The largest absolute Gasteiger partial charge is 0.298 e. The van der Waals surface area contributed by atoms with E-state index in [9.17, 15) is 4.79 Å². The molecule has 2 rings (SSSR count). The normalized spacial score (nSPS) is 17.6. The molecule has 14 heavy (non-hydrogen) atoms. The number of rotatable bonds is 2. The molecule has 0 N–H and O–H groups in total. The predicted molar refractivity (Wildman–Crippen MR) is 54.6 cm³/mol. The zero-order valence-corrected chi connectivity index (χ0v) is 8.79. The Morgan fingerprint density at radius 1 is 1.36 bits per heavy atom. The first-order valence-electron chi connectivity index (χ1n) is 5.25. The van der Waals surface area contributed by atoms with Gasteiger partial charge in [-0.25, -0.2) is 0 Å². The lowest BCUT2D eigenvalue weighted by Gasteiger charge is -2.11. The van der Waals surface area contributed by atoms with Gasteiger partial charge in [-0.2, -0.15) is 5.10 Å². The smallest absolute Gasteiger partial charge is 0.153 e. The molecule has 0 saturated heterocycles.